The zero-order chi connectivity index (χ0) is 24.1. The number of primary amides is 1. The molecule has 10 nitrogen and oxygen atoms in total. The fourth-order valence-corrected chi connectivity index (χ4v) is 3.86. The molecule has 1 unspecified atom stereocenters. The quantitative estimate of drug-likeness (QED) is 0.274. The molecule has 2 aromatic rings. The molecule has 1 aliphatic heterocycles. The van der Waals surface area contributed by atoms with Crippen molar-refractivity contribution in [2.24, 2.45) is 17.6 Å². The third-order valence-electron chi connectivity index (χ3n) is 5.49. The highest BCUT2D eigenvalue weighted by atomic mass is 16.5. The molecule has 0 radical (unpaired) electrons. The number of hydrogen-bond acceptors (Lipinski definition) is 7. The van der Waals surface area contributed by atoms with E-state index in [1.165, 1.54) is 6.07 Å². The average Bonchev–Trinajstić information content (AvgIpc) is 2.74. The molecule has 6 N–H and O–H groups in total. The van der Waals surface area contributed by atoms with Gasteiger partial charge in [-0.2, -0.15) is 0 Å². The number of hydrogen-bond donors (Lipinski definition) is 4. The Morgan fingerprint density at radius 1 is 1.06 bits per heavy atom. The number of rotatable bonds is 7. The van der Waals surface area contributed by atoms with Crippen LogP contribution in [0.1, 0.15) is 34.3 Å². The van der Waals surface area contributed by atoms with Crippen molar-refractivity contribution in [1.82, 2.24) is 0 Å². The molecule has 0 saturated carbocycles. The summed E-state index contributed by atoms with van der Waals surface area (Å²) >= 11 is 0. The first kappa shape index (κ1) is 23.6. The van der Waals surface area contributed by atoms with Gasteiger partial charge in [0.15, 0.2) is 0 Å². The number of nitrogen functional groups attached to an aromatic ring is 1. The highest BCUT2D eigenvalue weighted by Crippen LogP contribution is 2.32. The Morgan fingerprint density at radius 2 is 1.82 bits per heavy atom. The number of fused-ring (bicyclic) bond motifs is 2. The van der Waals surface area contributed by atoms with Gasteiger partial charge in [-0.05, 0) is 48.6 Å². The van der Waals surface area contributed by atoms with Gasteiger partial charge < -0.3 is 31.2 Å². The minimum absolute atomic E-state index is 0.117. The molecule has 174 valence electrons. The Kier molecular flexibility index (Phi) is 7.17. The SMILES string of the molecule is NC(=O)C(Cc1cccc2c1CCCOc1cc(N)ccc1C(=O)O2)[C@H](CC(=O)O)C(=O)O. The number of benzene rings is 2. The molecule has 3 rings (SSSR count). The third kappa shape index (κ3) is 5.59. The van der Waals surface area contributed by atoms with Crippen LogP contribution >= 0.6 is 0 Å². The van der Waals surface area contributed by atoms with Crippen molar-refractivity contribution in [2.75, 3.05) is 12.3 Å². The van der Waals surface area contributed by atoms with E-state index in [2.05, 4.69) is 0 Å². The van der Waals surface area contributed by atoms with Crippen LogP contribution in [0.2, 0.25) is 0 Å². The van der Waals surface area contributed by atoms with Gasteiger partial charge in [0.2, 0.25) is 5.91 Å². The number of carbonyl (C=O) groups is 4. The van der Waals surface area contributed by atoms with Crippen LogP contribution in [0.15, 0.2) is 36.4 Å². The lowest BCUT2D eigenvalue weighted by molar-refractivity contribution is -0.152. The summed E-state index contributed by atoms with van der Waals surface area (Å²) in [5.41, 5.74) is 13.0. The van der Waals surface area contributed by atoms with Crippen LogP contribution < -0.4 is 20.9 Å². The number of aliphatic carboxylic acids is 2. The van der Waals surface area contributed by atoms with Crippen LogP contribution in [-0.4, -0.2) is 40.6 Å². The fraction of sp³-hybridized carbons (Fsp3) is 0.304. The molecular formula is C23H24N2O8. The highest BCUT2D eigenvalue weighted by Gasteiger charge is 2.35. The summed E-state index contributed by atoms with van der Waals surface area (Å²) in [5, 5.41) is 18.6. The van der Waals surface area contributed by atoms with Crippen molar-refractivity contribution in [1.29, 1.82) is 0 Å². The molecule has 1 heterocycles. The van der Waals surface area contributed by atoms with Crippen LogP contribution in [-0.2, 0) is 27.2 Å². The van der Waals surface area contributed by atoms with Crippen LogP contribution in [0.25, 0.3) is 0 Å². The summed E-state index contributed by atoms with van der Waals surface area (Å²) in [6.45, 7) is 0.271. The molecule has 0 bridgehead atoms. The lowest BCUT2D eigenvalue weighted by Gasteiger charge is -2.23. The van der Waals surface area contributed by atoms with Gasteiger partial charge >= 0.3 is 17.9 Å². The molecule has 0 aliphatic carbocycles. The van der Waals surface area contributed by atoms with Gasteiger partial charge in [-0.25, -0.2) is 4.79 Å². The minimum atomic E-state index is -1.50. The summed E-state index contributed by atoms with van der Waals surface area (Å²) in [5.74, 6) is -6.56. The molecule has 1 aliphatic rings. The first-order valence-electron chi connectivity index (χ1n) is 10.3. The second kappa shape index (κ2) is 10.0. The van der Waals surface area contributed by atoms with Crippen molar-refractivity contribution >= 4 is 29.5 Å². The molecule has 0 spiro atoms. The predicted molar refractivity (Wildman–Crippen MR) is 116 cm³/mol. The van der Waals surface area contributed by atoms with Crippen molar-refractivity contribution in [3.63, 3.8) is 0 Å². The van der Waals surface area contributed by atoms with E-state index in [4.69, 9.17) is 26.0 Å². The Bertz CT molecular complexity index is 1100. The Hall–Kier alpha value is -4.08. The molecule has 2 aromatic carbocycles. The van der Waals surface area contributed by atoms with Gasteiger partial charge in [-0.1, -0.05) is 12.1 Å². The van der Waals surface area contributed by atoms with Crippen LogP contribution in [0.5, 0.6) is 11.5 Å². The molecular weight excluding hydrogens is 432 g/mol. The van der Waals surface area contributed by atoms with E-state index in [0.717, 1.165) is 0 Å². The molecule has 0 saturated heterocycles. The number of carboxylic acid groups (broad SMARTS) is 2. The summed E-state index contributed by atoms with van der Waals surface area (Å²) < 4.78 is 11.3. The molecule has 0 aromatic heterocycles. The maximum atomic E-state index is 12.8. The van der Waals surface area contributed by atoms with E-state index in [1.54, 1.807) is 30.3 Å². The van der Waals surface area contributed by atoms with E-state index >= 15 is 0 Å². The Balaban J connectivity index is 1.97. The topological polar surface area (TPSA) is 179 Å². The highest BCUT2D eigenvalue weighted by molar-refractivity contribution is 5.94. The number of ether oxygens (including phenoxy) is 2. The monoisotopic (exact) mass is 456 g/mol. The van der Waals surface area contributed by atoms with E-state index in [0.29, 0.717) is 35.4 Å². The maximum absolute atomic E-state index is 12.8. The average molecular weight is 456 g/mol. The first-order chi connectivity index (χ1) is 15.7. The smallest absolute Gasteiger partial charge is 0.347 e. The third-order valence-corrected chi connectivity index (χ3v) is 5.49. The fourth-order valence-electron chi connectivity index (χ4n) is 3.86. The number of carbonyl (C=O) groups excluding carboxylic acids is 2. The van der Waals surface area contributed by atoms with Crippen molar-refractivity contribution in [3.05, 3.63) is 53.1 Å². The Labute approximate surface area is 189 Å². The largest absolute Gasteiger partial charge is 0.493 e. The molecule has 10 heteroatoms. The molecule has 0 fully saturated rings. The summed E-state index contributed by atoms with van der Waals surface area (Å²) in [6.07, 6.45) is 0.0576. The van der Waals surface area contributed by atoms with Crippen molar-refractivity contribution in [3.8, 4) is 11.5 Å². The second-order valence-corrected chi connectivity index (χ2v) is 7.75. The number of carboxylic acids is 2. The van der Waals surface area contributed by atoms with Crippen LogP contribution in [0.3, 0.4) is 0 Å². The normalized spacial score (nSPS) is 15.1. The second-order valence-electron chi connectivity index (χ2n) is 7.75. The number of nitrogens with two attached hydrogens (primary N) is 2. The summed E-state index contributed by atoms with van der Waals surface area (Å²) in [7, 11) is 0. The minimum Gasteiger partial charge on any atom is -0.493 e. The van der Waals surface area contributed by atoms with E-state index in [9.17, 15) is 24.3 Å². The van der Waals surface area contributed by atoms with Gasteiger partial charge in [0.25, 0.3) is 0 Å². The van der Waals surface area contributed by atoms with Gasteiger partial charge in [0.1, 0.15) is 17.1 Å². The molecule has 33 heavy (non-hydrogen) atoms. The maximum Gasteiger partial charge on any atom is 0.347 e. The standard InChI is InChI=1S/C23H24N2O8/c24-13-6-7-15-19(10-13)32-8-2-4-14-12(3-1-5-18(14)33-23(15)31)9-16(21(25)28)17(22(29)30)11-20(26)27/h1,3,5-7,10,16-17H,2,4,8-9,11,24H2,(H2,25,28)(H,26,27)(H,29,30)/t16?,17-/m0/s1. The van der Waals surface area contributed by atoms with Gasteiger partial charge in [0.05, 0.1) is 24.9 Å². The van der Waals surface area contributed by atoms with Crippen molar-refractivity contribution in [2.45, 2.75) is 25.7 Å². The number of amides is 1. The lowest BCUT2D eigenvalue weighted by Crippen LogP contribution is -2.37. The Morgan fingerprint density at radius 3 is 2.48 bits per heavy atom. The zero-order valence-electron chi connectivity index (χ0n) is 17.7. The first-order valence-corrected chi connectivity index (χ1v) is 10.3. The number of esters is 1. The van der Waals surface area contributed by atoms with Crippen LogP contribution in [0, 0.1) is 11.8 Å². The predicted octanol–water partition coefficient (Wildman–Crippen LogP) is 1.63. The van der Waals surface area contributed by atoms with Crippen LogP contribution in [0.4, 0.5) is 5.69 Å². The molecule has 2 atom stereocenters. The van der Waals surface area contributed by atoms with Gasteiger partial charge in [-0.3, -0.25) is 14.4 Å². The van der Waals surface area contributed by atoms with Gasteiger partial charge in [0, 0.05) is 11.8 Å². The summed E-state index contributed by atoms with van der Waals surface area (Å²) in [4.78, 5) is 47.7. The summed E-state index contributed by atoms with van der Waals surface area (Å²) in [6, 6.07) is 9.48. The van der Waals surface area contributed by atoms with Gasteiger partial charge in [-0.15, -0.1) is 0 Å². The van der Waals surface area contributed by atoms with E-state index in [-0.39, 0.29) is 24.3 Å². The lowest BCUT2D eigenvalue weighted by atomic mass is 9.82. The van der Waals surface area contributed by atoms with E-state index < -0.39 is 42.1 Å². The van der Waals surface area contributed by atoms with E-state index in [1.807, 2.05) is 0 Å². The molecule has 1 amide bonds. The van der Waals surface area contributed by atoms with Crippen molar-refractivity contribution < 1.29 is 38.9 Å². The zero-order valence-corrected chi connectivity index (χ0v) is 17.7. The number of anilines is 1.